The summed E-state index contributed by atoms with van der Waals surface area (Å²) >= 11 is 0. The van der Waals surface area contributed by atoms with Gasteiger partial charge >= 0.3 is 5.97 Å². The number of hydrogen-bond donors (Lipinski definition) is 2. The summed E-state index contributed by atoms with van der Waals surface area (Å²) in [5, 5.41) is 5.24. The molecule has 182 valence electrons. The lowest BCUT2D eigenvalue weighted by Crippen LogP contribution is -2.21. The van der Waals surface area contributed by atoms with Crippen molar-refractivity contribution in [2.24, 2.45) is 0 Å². The second-order valence-corrected chi connectivity index (χ2v) is 7.39. The Labute approximate surface area is 202 Å². The van der Waals surface area contributed by atoms with Crippen LogP contribution in [0.1, 0.15) is 19.3 Å². The molecule has 0 radical (unpaired) electrons. The molecule has 0 saturated carbocycles. The molecule has 2 N–H and O–H groups in total. The predicted octanol–water partition coefficient (Wildman–Crippen LogP) is 4.92. The van der Waals surface area contributed by atoms with Crippen molar-refractivity contribution in [3.8, 4) is 17.2 Å². The van der Waals surface area contributed by atoms with Crippen LogP contribution in [0.25, 0.3) is 0 Å². The Bertz CT molecular complexity index is 1150. The number of carbonyl (C=O) groups is 3. The van der Waals surface area contributed by atoms with E-state index < -0.39 is 24.3 Å². The molecule has 0 fully saturated rings. The fraction of sp³-hybridized carbons (Fsp3) is 0.192. The average molecular weight is 480 g/mol. The van der Waals surface area contributed by atoms with E-state index in [0.717, 1.165) is 0 Å². The summed E-state index contributed by atoms with van der Waals surface area (Å²) in [6.07, 6.45) is 0.360. The lowest BCUT2D eigenvalue weighted by molar-refractivity contribution is -0.147. The van der Waals surface area contributed by atoms with Gasteiger partial charge in [0.2, 0.25) is 5.91 Å². The van der Waals surface area contributed by atoms with E-state index >= 15 is 0 Å². The number of ether oxygens (including phenoxy) is 3. The summed E-state index contributed by atoms with van der Waals surface area (Å²) < 4.78 is 28.8. The van der Waals surface area contributed by atoms with Gasteiger partial charge in [0, 0.05) is 24.2 Å². The zero-order valence-electron chi connectivity index (χ0n) is 19.1. The van der Waals surface area contributed by atoms with Gasteiger partial charge in [0.25, 0.3) is 5.91 Å². The first-order valence-electron chi connectivity index (χ1n) is 10.8. The first-order valence-corrected chi connectivity index (χ1v) is 10.8. The standard InChI is InChI=1S/C26H25FN2O6/c1-33-22-5-2-3-6-23(22)35-21-15-13-20(14-16-21)28-24(30)7-4-8-26(32)34-17-25(31)29-19-11-9-18(27)10-12-19/h2-3,5-6,9-16H,4,7-8,17H2,1H3,(H,28,30)(H,29,31). The highest BCUT2D eigenvalue weighted by atomic mass is 19.1. The van der Waals surface area contributed by atoms with Crippen molar-refractivity contribution in [3.63, 3.8) is 0 Å². The van der Waals surface area contributed by atoms with E-state index in [2.05, 4.69) is 10.6 Å². The molecule has 9 heteroatoms. The van der Waals surface area contributed by atoms with E-state index in [9.17, 15) is 18.8 Å². The van der Waals surface area contributed by atoms with Crippen molar-refractivity contribution in [1.29, 1.82) is 0 Å². The van der Waals surface area contributed by atoms with Crippen LogP contribution in [0.2, 0.25) is 0 Å². The molecule has 35 heavy (non-hydrogen) atoms. The lowest BCUT2D eigenvalue weighted by Gasteiger charge is -2.11. The Morgan fingerprint density at radius 1 is 0.771 bits per heavy atom. The van der Waals surface area contributed by atoms with Crippen LogP contribution in [-0.4, -0.2) is 31.5 Å². The molecule has 0 unspecified atom stereocenters. The number of esters is 1. The summed E-state index contributed by atoms with van der Waals surface area (Å²) in [6.45, 7) is -0.467. The van der Waals surface area contributed by atoms with Crippen LogP contribution in [-0.2, 0) is 19.1 Å². The van der Waals surface area contributed by atoms with Crippen LogP contribution >= 0.6 is 0 Å². The van der Waals surface area contributed by atoms with Crippen molar-refractivity contribution in [1.82, 2.24) is 0 Å². The zero-order chi connectivity index (χ0) is 25.0. The number of hydrogen-bond acceptors (Lipinski definition) is 6. The molecule has 0 aliphatic rings. The van der Waals surface area contributed by atoms with Gasteiger partial charge in [0.15, 0.2) is 18.1 Å². The van der Waals surface area contributed by atoms with Gasteiger partial charge < -0.3 is 24.8 Å². The summed E-state index contributed by atoms with van der Waals surface area (Å²) in [5.41, 5.74) is 0.978. The second kappa shape index (κ2) is 12.7. The van der Waals surface area contributed by atoms with Gasteiger partial charge in [-0.15, -0.1) is 0 Å². The van der Waals surface area contributed by atoms with Crippen LogP contribution in [0.4, 0.5) is 15.8 Å². The minimum absolute atomic E-state index is 0.0110. The third-order valence-electron chi connectivity index (χ3n) is 4.71. The van der Waals surface area contributed by atoms with Crippen molar-refractivity contribution in [2.75, 3.05) is 24.4 Å². The van der Waals surface area contributed by atoms with E-state index in [-0.39, 0.29) is 25.2 Å². The lowest BCUT2D eigenvalue weighted by atomic mass is 10.2. The minimum Gasteiger partial charge on any atom is -0.493 e. The molecule has 0 aliphatic carbocycles. The van der Waals surface area contributed by atoms with E-state index in [4.69, 9.17) is 14.2 Å². The largest absolute Gasteiger partial charge is 0.493 e. The van der Waals surface area contributed by atoms with Gasteiger partial charge in [-0.05, 0) is 67.1 Å². The molecule has 0 spiro atoms. The monoisotopic (exact) mass is 480 g/mol. The normalized spacial score (nSPS) is 10.2. The highest BCUT2D eigenvalue weighted by Crippen LogP contribution is 2.31. The quantitative estimate of drug-likeness (QED) is 0.378. The Kier molecular flexibility index (Phi) is 9.18. The number of para-hydroxylation sites is 2. The fourth-order valence-electron chi connectivity index (χ4n) is 3.00. The number of halogens is 1. The Morgan fingerprint density at radius 2 is 1.37 bits per heavy atom. The maximum atomic E-state index is 12.9. The molecule has 3 aromatic carbocycles. The highest BCUT2D eigenvalue weighted by Gasteiger charge is 2.10. The molecule has 0 saturated heterocycles. The van der Waals surface area contributed by atoms with Crippen LogP contribution in [0.5, 0.6) is 17.2 Å². The highest BCUT2D eigenvalue weighted by molar-refractivity contribution is 5.93. The maximum absolute atomic E-state index is 12.9. The Morgan fingerprint density at radius 3 is 2.03 bits per heavy atom. The molecule has 8 nitrogen and oxygen atoms in total. The van der Waals surface area contributed by atoms with E-state index in [0.29, 0.717) is 28.6 Å². The van der Waals surface area contributed by atoms with Crippen LogP contribution in [0.15, 0.2) is 72.8 Å². The SMILES string of the molecule is COc1ccccc1Oc1ccc(NC(=O)CCCC(=O)OCC(=O)Nc2ccc(F)cc2)cc1. The molecular formula is C26H25FN2O6. The number of rotatable bonds is 11. The van der Waals surface area contributed by atoms with Crippen LogP contribution in [0.3, 0.4) is 0 Å². The molecule has 2 amide bonds. The summed E-state index contributed by atoms with van der Waals surface area (Å²) in [5.74, 6) is -0.0492. The first-order chi connectivity index (χ1) is 16.9. The zero-order valence-corrected chi connectivity index (χ0v) is 19.1. The van der Waals surface area contributed by atoms with Gasteiger partial charge in [-0.3, -0.25) is 14.4 Å². The Balaban J connectivity index is 1.34. The van der Waals surface area contributed by atoms with Crippen molar-refractivity contribution >= 4 is 29.2 Å². The van der Waals surface area contributed by atoms with Crippen LogP contribution < -0.4 is 20.1 Å². The number of nitrogens with one attached hydrogen (secondary N) is 2. The predicted molar refractivity (Wildman–Crippen MR) is 128 cm³/mol. The number of anilines is 2. The van der Waals surface area contributed by atoms with E-state index in [1.54, 1.807) is 43.5 Å². The molecule has 0 aliphatic heterocycles. The second-order valence-electron chi connectivity index (χ2n) is 7.39. The van der Waals surface area contributed by atoms with E-state index in [1.165, 1.54) is 24.3 Å². The molecular weight excluding hydrogens is 455 g/mol. The maximum Gasteiger partial charge on any atom is 0.306 e. The third-order valence-corrected chi connectivity index (χ3v) is 4.71. The van der Waals surface area contributed by atoms with Crippen molar-refractivity contribution in [2.45, 2.75) is 19.3 Å². The smallest absolute Gasteiger partial charge is 0.306 e. The molecule has 0 bridgehead atoms. The van der Waals surface area contributed by atoms with Gasteiger partial charge in [-0.1, -0.05) is 12.1 Å². The average Bonchev–Trinajstić information content (AvgIpc) is 2.86. The fourth-order valence-corrected chi connectivity index (χ4v) is 3.00. The third kappa shape index (κ3) is 8.47. The van der Waals surface area contributed by atoms with Gasteiger partial charge in [0.1, 0.15) is 11.6 Å². The van der Waals surface area contributed by atoms with Crippen molar-refractivity contribution < 1.29 is 33.0 Å². The minimum atomic E-state index is -0.593. The summed E-state index contributed by atoms with van der Waals surface area (Å²) in [4.78, 5) is 35.7. The number of benzene rings is 3. The van der Waals surface area contributed by atoms with E-state index in [1.807, 2.05) is 12.1 Å². The summed E-state index contributed by atoms with van der Waals surface area (Å²) in [6, 6.07) is 19.3. The summed E-state index contributed by atoms with van der Waals surface area (Å²) in [7, 11) is 1.56. The van der Waals surface area contributed by atoms with Crippen molar-refractivity contribution in [3.05, 3.63) is 78.6 Å². The van der Waals surface area contributed by atoms with Gasteiger partial charge in [-0.2, -0.15) is 0 Å². The van der Waals surface area contributed by atoms with Gasteiger partial charge in [-0.25, -0.2) is 4.39 Å². The molecule has 3 aromatic rings. The first kappa shape index (κ1) is 25.2. The molecule has 0 heterocycles. The molecule has 3 rings (SSSR count). The molecule has 0 aromatic heterocycles. The molecule has 0 atom stereocenters. The topological polar surface area (TPSA) is 103 Å². The van der Waals surface area contributed by atoms with Gasteiger partial charge in [0.05, 0.1) is 7.11 Å². The van der Waals surface area contributed by atoms with Crippen LogP contribution in [0, 0.1) is 5.82 Å². The number of methoxy groups -OCH3 is 1. The number of amides is 2. The number of carbonyl (C=O) groups excluding carboxylic acids is 3. The Hall–Kier alpha value is -4.40.